The molecule has 1 aliphatic heterocycles. The van der Waals surface area contributed by atoms with E-state index in [1.165, 1.54) is 22.6 Å². The summed E-state index contributed by atoms with van der Waals surface area (Å²) in [7, 11) is 0. The third-order valence-corrected chi connectivity index (χ3v) is 2.87. The Kier molecular flexibility index (Phi) is 2.19. The van der Waals surface area contributed by atoms with Crippen molar-refractivity contribution in [1.29, 1.82) is 0 Å². The first-order valence-corrected chi connectivity index (χ1v) is 4.71. The van der Waals surface area contributed by atoms with E-state index in [1.807, 2.05) is 6.92 Å². The van der Waals surface area contributed by atoms with Crippen LogP contribution in [0.3, 0.4) is 0 Å². The van der Waals surface area contributed by atoms with Crippen LogP contribution in [0.15, 0.2) is 18.2 Å². The lowest BCUT2D eigenvalue weighted by Gasteiger charge is -2.29. The largest absolute Gasteiger partial charge is 0.294 e. The molecular weight excluding hydrogens is 205 g/mol. The number of hydrogen-bond donors (Lipinski definition) is 0. The second-order valence-electron chi connectivity index (χ2n) is 3.45. The van der Waals surface area contributed by atoms with Crippen LogP contribution in [0.2, 0.25) is 0 Å². The van der Waals surface area contributed by atoms with Gasteiger partial charge in [0.15, 0.2) is 5.78 Å². The number of carbonyl (C=O) groups excluding carboxylic acids is 1. The fourth-order valence-corrected chi connectivity index (χ4v) is 1.83. The molecule has 0 radical (unpaired) electrons. The SMILES string of the molecule is CC1CC(=O)c2cc(F)ccc2N1Cl. The zero-order chi connectivity index (χ0) is 10.3. The molecule has 1 aliphatic rings. The van der Waals surface area contributed by atoms with E-state index in [1.54, 1.807) is 0 Å². The standard InChI is InChI=1S/C10H9ClFNO/c1-6-4-10(14)8-5-7(12)2-3-9(8)13(6)11/h2-3,5-6H,4H2,1H3. The molecule has 0 aliphatic carbocycles. The monoisotopic (exact) mass is 213 g/mol. The summed E-state index contributed by atoms with van der Waals surface area (Å²) in [6.45, 7) is 1.86. The molecule has 1 aromatic carbocycles. The Hall–Kier alpha value is -1.09. The number of Topliss-reactive ketones (excluding diaryl/α,β-unsaturated/α-hetero) is 1. The van der Waals surface area contributed by atoms with Gasteiger partial charge in [-0.1, -0.05) is 0 Å². The lowest BCUT2D eigenvalue weighted by Crippen LogP contribution is -2.32. The van der Waals surface area contributed by atoms with Crippen molar-refractivity contribution in [2.75, 3.05) is 4.42 Å². The molecule has 1 aromatic rings. The molecule has 0 saturated heterocycles. The Morgan fingerprint density at radius 3 is 3.00 bits per heavy atom. The van der Waals surface area contributed by atoms with E-state index in [0.717, 1.165) is 0 Å². The van der Waals surface area contributed by atoms with Gasteiger partial charge >= 0.3 is 0 Å². The zero-order valence-electron chi connectivity index (χ0n) is 7.63. The van der Waals surface area contributed by atoms with Crippen LogP contribution in [0, 0.1) is 5.82 Å². The molecule has 0 N–H and O–H groups in total. The maximum absolute atomic E-state index is 12.9. The zero-order valence-corrected chi connectivity index (χ0v) is 8.38. The van der Waals surface area contributed by atoms with Crippen molar-refractivity contribution in [2.24, 2.45) is 0 Å². The maximum atomic E-state index is 12.9. The molecule has 0 saturated carbocycles. The van der Waals surface area contributed by atoms with E-state index < -0.39 is 5.82 Å². The van der Waals surface area contributed by atoms with E-state index in [2.05, 4.69) is 0 Å². The highest BCUT2D eigenvalue weighted by molar-refractivity contribution is 6.28. The molecule has 0 spiro atoms. The number of nitrogens with zero attached hydrogens (tertiary/aromatic N) is 1. The number of hydrogen-bond acceptors (Lipinski definition) is 2. The molecule has 14 heavy (non-hydrogen) atoms. The van der Waals surface area contributed by atoms with Crippen LogP contribution in [0.25, 0.3) is 0 Å². The first-order valence-electron chi connectivity index (χ1n) is 4.37. The first kappa shape index (κ1) is 9.46. The summed E-state index contributed by atoms with van der Waals surface area (Å²) in [5, 5.41) is 0. The van der Waals surface area contributed by atoms with Gasteiger partial charge in [-0.2, -0.15) is 0 Å². The maximum Gasteiger partial charge on any atom is 0.167 e. The minimum atomic E-state index is -0.406. The van der Waals surface area contributed by atoms with E-state index in [9.17, 15) is 9.18 Å². The summed E-state index contributed by atoms with van der Waals surface area (Å²) in [6.07, 6.45) is 0.333. The fourth-order valence-electron chi connectivity index (χ4n) is 1.61. The number of carbonyl (C=O) groups is 1. The predicted molar refractivity (Wildman–Crippen MR) is 53.1 cm³/mol. The Labute approximate surface area is 86.4 Å². The molecule has 0 amide bonds. The Morgan fingerprint density at radius 2 is 2.29 bits per heavy atom. The van der Waals surface area contributed by atoms with Gasteiger partial charge < -0.3 is 0 Å². The highest BCUT2D eigenvalue weighted by Crippen LogP contribution is 2.32. The van der Waals surface area contributed by atoms with Crippen LogP contribution in [0.4, 0.5) is 10.1 Å². The molecule has 74 valence electrons. The molecule has 0 aromatic heterocycles. The fraction of sp³-hybridized carbons (Fsp3) is 0.300. The van der Waals surface area contributed by atoms with Gasteiger partial charge in [-0.25, -0.2) is 4.39 Å². The number of benzene rings is 1. The van der Waals surface area contributed by atoms with Crippen molar-refractivity contribution in [3.05, 3.63) is 29.6 Å². The van der Waals surface area contributed by atoms with Gasteiger partial charge in [-0.3, -0.25) is 9.21 Å². The summed E-state index contributed by atoms with van der Waals surface area (Å²) in [6, 6.07) is 4.03. The molecule has 0 bridgehead atoms. The molecule has 2 rings (SSSR count). The van der Waals surface area contributed by atoms with Crippen LogP contribution < -0.4 is 4.42 Å². The van der Waals surface area contributed by atoms with Crippen LogP contribution >= 0.6 is 11.8 Å². The number of fused-ring (bicyclic) bond motifs is 1. The Morgan fingerprint density at radius 1 is 1.57 bits per heavy atom. The minimum Gasteiger partial charge on any atom is -0.294 e. The van der Waals surface area contributed by atoms with Crippen molar-refractivity contribution in [3.63, 3.8) is 0 Å². The van der Waals surface area contributed by atoms with Gasteiger partial charge in [0.1, 0.15) is 5.82 Å². The van der Waals surface area contributed by atoms with Crippen LogP contribution in [-0.2, 0) is 0 Å². The van der Waals surface area contributed by atoms with Crippen molar-refractivity contribution < 1.29 is 9.18 Å². The second-order valence-corrected chi connectivity index (χ2v) is 3.81. The number of halogens is 2. The third-order valence-electron chi connectivity index (χ3n) is 2.36. The van der Waals surface area contributed by atoms with Gasteiger partial charge in [-0.15, -0.1) is 0 Å². The minimum absolute atomic E-state index is 0.0397. The summed E-state index contributed by atoms with van der Waals surface area (Å²) in [5.41, 5.74) is 0.968. The van der Waals surface area contributed by atoms with Gasteiger partial charge in [0.2, 0.25) is 0 Å². The van der Waals surface area contributed by atoms with Crippen LogP contribution in [-0.4, -0.2) is 11.8 Å². The quantitative estimate of drug-likeness (QED) is 0.618. The highest BCUT2D eigenvalue weighted by Gasteiger charge is 2.27. The number of anilines is 1. The molecule has 1 unspecified atom stereocenters. The van der Waals surface area contributed by atoms with Gasteiger partial charge in [-0.05, 0) is 25.1 Å². The van der Waals surface area contributed by atoms with Crippen LogP contribution in [0.5, 0.6) is 0 Å². The summed E-state index contributed by atoms with van der Waals surface area (Å²) >= 11 is 5.97. The van der Waals surface area contributed by atoms with Crippen molar-refractivity contribution in [2.45, 2.75) is 19.4 Å². The average Bonchev–Trinajstić information content (AvgIpc) is 2.14. The van der Waals surface area contributed by atoms with Crippen molar-refractivity contribution in [1.82, 2.24) is 0 Å². The Bertz CT molecular complexity index is 394. The van der Waals surface area contributed by atoms with E-state index >= 15 is 0 Å². The normalized spacial score (nSPS) is 20.9. The van der Waals surface area contributed by atoms with Gasteiger partial charge in [0, 0.05) is 23.8 Å². The molecule has 2 nitrogen and oxygen atoms in total. The lowest BCUT2D eigenvalue weighted by molar-refractivity contribution is 0.0971. The van der Waals surface area contributed by atoms with E-state index in [-0.39, 0.29) is 11.8 Å². The molecule has 0 fully saturated rings. The average molecular weight is 214 g/mol. The topological polar surface area (TPSA) is 20.3 Å². The lowest BCUT2D eigenvalue weighted by atomic mass is 9.97. The number of ketones is 1. The van der Waals surface area contributed by atoms with Crippen LogP contribution in [0.1, 0.15) is 23.7 Å². The second kappa shape index (κ2) is 3.24. The van der Waals surface area contributed by atoms with Gasteiger partial charge in [0.05, 0.1) is 11.7 Å². The first-order chi connectivity index (χ1) is 6.59. The molecular formula is C10H9ClFNO. The van der Waals surface area contributed by atoms with Gasteiger partial charge in [0.25, 0.3) is 0 Å². The number of rotatable bonds is 0. The summed E-state index contributed by atoms with van der Waals surface area (Å²) in [5.74, 6) is -0.458. The smallest absolute Gasteiger partial charge is 0.167 e. The summed E-state index contributed by atoms with van der Waals surface area (Å²) in [4.78, 5) is 11.5. The summed E-state index contributed by atoms with van der Waals surface area (Å²) < 4.78 is 14.4. The molecule has 1 atom stereocenters. The van der Waals surface area contributed by atoms with Crippen molar-refractivity contribution in [3.8, 4) is 0 Å². The van der Waals surface area contributed by atoms with E-state index in [0.29, 0.717) is 17.7 Å². The van der Waals surface area contributed by atoms with Crippen molar-refractivity contribution >= 4 is 23.2 Å². The third kappa shape index (κ3) is 1.38. The Balaban J connectivity index is 2.56. The highest BCUT2D eigenvalue weighted by atomic mass is 35.5. The molecule has 4 heteroatoms. The molecule has 1 heterocycles. The predicted octanol–water partition coefficient (Wildman–Crippen LogP) is 2.76. The van der Waals surface area contributed by atoms with E-state index in [4.69, 9.17) is 11.8 Å².